The third-order valence-electron chi connectivity index (χ3n) is 7.09. The lowest BCUT2D eigenvalue weighted by molar-refractivity contribution is 0.647. The molecule has 0 saturated carbocycles. The van der Waals surface area contributed by atoms with E-state index >= 15 is 0 Å². The third-order valence-corrected chi connectivity index (χ3v) is 7.09. The molecule has 3 aromatic carbocycles. The zero-order chi connectivity index (χ0) is 24.6. The molecule has 7 nitrogen and oxygen atoms in total. The second-order valence-electron chi connectivity index (χ2n) is 9.26. The maximum atomic E-state index is 5.00. The van der Waals surface area contributed by atoms with Gasteiger partial charge in [0.1, 0.15) is 12.1 Å². The van der Waals surface area contributed by atoms with Crippen molar-refractivity contribution in [3.8, 4) is 16.8 Å². The number of imidazole rings is 1. The number of rotatable bonds is 4. The number of aromatic nitrogens is 5. The summed E-state index contributed by atoms with van der Waals surface area (Å²) in [6.45, 7) is 3.71. The predicted molar refractivity (Wildman–Crippen MR) is 148 cm³/mol. The van der Waals surface area contributed by atoms with Gasteiger partial charge in [0.25, 0.3) is 0 Å². The number of hydrogen-bond donors (Lipinski definition) is 0. The molecule has 4 heterocycles. The molecule has 0 N–H and O–H groups in total. The van der Waals surface area contributed by atoms with Crippen molar-refractivity contribution in [3.05, 3.63) is 104 Å². The largest absolute Gasteiger partial charge is 0.368 e. The van der Waals surface area contributed by atoms with Crippen LogP contribution < -0.4 is 9.80 Å². The molecule has 1 aliphatic heterocycles. The number of pyridine rings is 1. The summed E-state index contributed by atoms with van der Waals surface area (Å²) in [6, 6.07) is 27.2. The Labute approximate surface area is 214 Å². The molecule has 0 atom stereocenters. The van der Waals surface area contributed by atoms with Gasteiger partial charge in [0.2, 0.25) is 0 Å². The first kappa shape index (κ1) is 21.5. The molecule has 0 amide bonds. The number of para-hydroxylation sites is 2. The lowest BCUT2D eigenvalue weighted by atomic mass is 10.0. The van der Waals surface area contributed by atoms with Gasteiger partial charge in [-0.25, -0.2) is 9.97 Å². The van der Waals surface area contributed by atoms with E-state index in [1.165, 1.54) is 5.69 Å². The van der Waals surface area contributed by atoms with E-state index in [4.69, 9.17) is 9.97 Å². The summed E-state index contributed by atoms with van der Waals surface area (Å²) in [6.07, 6.45) is 7.47. The second kappa shape index (κ2) is 9.02. The Balaban J connectivity index is 1.12. The zero-order valence-electron chi connectivity index (χ0n) is 20.3. The minimum Gasteiger partial charge on any atom is -0.368 e. The minimum absolute atomic E-state index is 0.907. The van der Waals surface area contributed by atoms with Crippen molar-refractivity contribution in [3.63, 3.8) is 0 Å². The highest BCUT2D eigenvalue weighted by Gasteiger charge is 2.19. The number of benzene rings is 3. The van der Waals surface area contributed by atoms with Crippen LogP contribution in [0.3, 0.4) is 0 Å². The minimum atomic E-state index is 0.907. The standard InChI is InChI=1S/C30H25N7/c1-2-4-29-27(3-1)33-21-37(29)25-8-5-22(6-9-25)23-7-10-26-28(19-23)34-30(20-32-26)36-17-15-35(16-18-36)24-11-13-31-14-12-24/h1-14,19-21H,15-18H2. The zero-order valence-corrected chi connectivity index (χ0v) is 20.3. The maximum Gasteiger partial charge on any atom is 0.147 e. The van der Waals surface area contributed by atoms with Crippen molar-refractivity contribution < 1.29 is 0 Å². The number of hydrogen-bond acceptors (Lipinski definition) is 6. The van der Waals surface area contributed by atoms with E-state index in [1.54, 1.807) is 0 Å². The van der Waals surface area contributed by atoms with Crippen molar-refractivity contribution in [2.24, 2.45) is 0 Å². The molecule has 1 aliphatic rings. The van der Waals surface area contributed by atoms with E-state index in [9.17, 15) is 0 Å². The van der Waals surface area contributed by atoms with Gasteiger partial charge < -0.3 is 9.80 Å². The SMILES string of the molecule is c1ccc2c(c1)ncn2-c1ccc(-c2ccc3ncc(N4CCN(c5ccncc5)CC4)nc3c2)cc1. The van der Waals surface area contributed by atoms with Gasteiger partial charge in [-0.2, -0.15) is 0 Å². The molecule has 0 spiro atoms. The molecule has 3 aromatic heterocycles. The fourth-order valence-corrected chi connectivity index (χ4v) is 5.06. The molecular formula is C30H25N7. The van der Waals surface area contributed by atoms with Crippen LogP contribution in [-0.2, 0) is 0 Å². The van der Waals surface area contributed by atoms with Gasteiger partial charge in [-0.3, -0.25) is 14.5 Å². The van der Waals surface area contributed by atoms with Crippen molar-refractivity contribution in [1.82, 2.24) is 24.5 Å². The molecule has 1 saturated heterocycles. The normalized spacial score (nSPS) is 13.9. The van der Waals surface area contributed by atoms with Gasteiger partial charge in [0, 0.05) is 49.9 Å². The Bertz CT molecular complexity index is 1680. The fourth-order valence-electron chi connectivity index (χ4n) is 5.06. The number of nitrogens with zero attached hydrogens (tertiary/aromatic N) is 7. The molecule has 0 radical (unpaired) electrons. The Kier molecular flexibility index (Phi) is 5.24. The van der Waals surface area contributed by atoms with Crippen LogP contribution in [0.4, 0.5) is 11.5 Å². The van der Waals surface area contributed by atoms with Crippen LogP contribution >= 0.6 is 0 Å². The van der Waals surface area contributed by atoms with Crippen molar-refractivity contribution in [2.75, 3.05) is 36.0 Å². The average Bonchev–Trinajstić information content (AvgIpc) is 3.41. The van der Waals surface area contributed by atoms with E-state index in [0.717, 1.165) is 70.9 Å². The summed E-state index contributed by atoms with van der Waals surface area (Å²) in [4.78, 5) is 23.1. The molecule has 7 rings (SSSR count). The van der Waals surface area contributed by atoms with Crippen LogP contribution in [-0.4, -0.2) is 50.7 Å². The van der Waals surface area contributed by atoms with Gasteiger partial charge in [-0.15, -0.1) is 0 Å². The van der Waals surface area contributed by atoms with Crippen LogP contribution in [0.2, 0.25) is 0 Å². The average molecular weight is 484 g/mol. The first-order valence-corrected chi connectivity index (χ1v) is 12.5. The first-order chi connectivity index (χ1) is 18.3. The van der Waals surface area contributed by atoms with Gasteiger partial charge in [-0.05, 0) is 59.7 Å². The first-order valence-electron chi connectivity index (χ1n) is 12.5. The van der Waals surface area contributed by atoms with Gasteiger partial charge in [0.15, 0.2) is 0 Å². The second-order valence-corrected chi connectivity index (χ2v) is 9.26. The Morgan fingerprint density at radius 2 is 1.35 bits per heavy atom. The molecule has 180 valence electrons. The van der Waals surface area contributed by atoms with Crippen LogP contribution in [0.15, 0.2) is 104 Å². The lowest BCUT2D eigenvalue weighted by Gasteiger charge is -2.36. The molecular weight excluding hydrogens is 458 g/mol. The van der Waals surface area contributed by atoms with E-state index in [2.05, 4.69) is 85.0 Å². The predicted octanol–water partition coefficient (Wildman–Crippen LogP) is 5.36. The van der Waals surface area contributed by atoms with E-state index in [-0.39, 0.29) is 0 Å². The van der Waals surface area contributed by atoms with Crippen LogP contribution in [0.5, 0.6) is 0 Å². The number of piperazine rings is 1. The number of fused-ring (bicyclic) bond motifs is 2. The third kappa shape index (κ3) is 4.04. The summed E-state index contributed by atoms with van der Waals surface area (Å²) < 4.78 is 2.12. The quantitative estimate of drug-likeness (QED) is 0.337. The molecule has 37 heavy (non-hydrogen) atoms. The van der Waals surface area contributed by atoms with Crippen molar-refractivity contribution in [2.45, 2.75) is 0 Å². The molecule has 0 unspecified atom stereocenters. The number of anilines is 2. The smallest absolute Gasteiger partial charge is 0.147 e. The van der Waals surface area contributed by atoms with Crippen molar-refractivity contribution >= 4 is 33.6 Å². The summed E-state index contributed by atoms with van der Waals surface area (Å²) in [5.74, 6) is 0.932. The highest BCUT2D eigenvalue weighted by atomic mass is 15.3. The van der Waals surface area contributed by atoms with Gasteiger partial charge >= 0.3 is 0 Å². The molecule has 0 bridgehead atoms. The molecule has 1 fully saturated rings. The topological polar surface area (TPSA) is 63.0 Å². The van der Waals surface area contributed by atoms with Crippen LogP contribution in [0.25, 0.3) is 38.9 Å². The summed E-state index contributed by atoms with van der Waals surface area (Å²) in [7, 11) is 0. The van der Waals surface area contributed by atoms with Crippen LogP contribution in [0, 0.1) is 0 Å². The fraction of sp³-hybridized carbons (Fsp3) is 0.133. The van der Waals surface area contributed by atoms with E-state index < -0.39 is 0 Å². The summed E-state index contributed by atoms with van der Waals surface area (Å²) >= 11 is 0. The lowest BCUT2D eigenvalue weighted by Crippen LogP contribution is -2.46. The van der Waals surface area contributed by atoms with Crippen molar-refractivity contribution in [1.29, 1.82) is 0 Å². The molecule has 7 heteroatoms. The highest BCUT2D eigenvalue weighted by molar-refractivity contribution is 5.83. The van der Waals surface area contributed by atoms with Gasteiger partial charge in [-0.1, -0.05) is 30.3 Å². The Morgan fingerprint density at radius 1 is 0.595 bits per heavy atom. The highest BCUT2D eigenvalue weighted by Crippen LogP contribution is 2.27. The molecule has 6 aromatic rings. The van der Waals surface area contributed by atoms with Gasteiger partial charge in [0.05, 0.1) is 28.3 Å². The summed E-state index contributed by atoms with van der Waals surface area (Å²) in [5, 5.41) is 0. The Morgan fingerprint density at radius 3 is 2.19 bits per heavy atom. The molecule has 0 aliphatic carbocycles. The van der Waals surface area contributed by atoms with E-state index in [1.807, 2.05) is 43.1 Å². The van der Waals surface area contributed by atoms with E-state index in [0.29, 0.717) is 0 Å². The Hall–Kier alpha value is -4.78. The monoisotopic (exact) mass is 483 g/mol. The van der Waals surface area contributed by atoms with Crippen LogP contribution in [0.1, 0.15) is 0 Å². The maximum absolute atomic E-state index is 5.00. The summed E-state index contributed by atoms with van der Waals surface area (Å²) in [5.41, 5.74) is 8.50.